The van der Waals surface area contributed by atoms with Gasteiger partial charge in [0.1, 0.15) is 0 Å². The van der Waals surface area contributed by atoms with Crippen molar-refractivity contribution in [2.75, 3.05) is 5.73 Å². The molecule has 0 amide bonds. The van der Waals surface area contributed by atoms with Crippen LogP contribution in [0.25, 0.3) is 0 Å². The van der Waals surface area contributed by atoms with Gasteiger partial charge in [0.15, 0.2) is 0 Å². The molecule has 14 heavy (non-hydrogen) atoms. The Hall–Kier alpha value is -1.25. The van der Waals surface area contributed by atoms with Crippen molar-refractivity contribution in [2.24, 2.45) is 11.3 Å². The third-order valence-corrected chi connectivity index (χ3v) is 3.14. The number of rotatable bonds is 2. The summed E-state index contributed by atoms with van der Waals surface area (Å²) in [7, 11) is 0. The Morgan fingerprint density at radius 1 is 1.57 bits per heavy atom. The van der Waals surface area contributed by atoms with E-state index in [1.54, 1.807) is 16.8 Å². The fourth-order valence-corrected chi connectivity index (χ4v) is 1.82. The first-order chi connectivity index (χ1) is 6.49. The summed E-state index contributed by atoms with van der Waals surface area (Å²) in [5.74, 6) is 0.627. The van der Waals surface area contributed by atoms with Crippen LogP contribution < -0.4 is 11.3 Å². The van der Waals surface area contributed by atoms with E-state index in [2.05, 4.69) is 13.8 Å². The van der Waals surface area contributed by atoms with Crippen molar-refractivity contribution in [1.82, 2.24) is 4.57 Å². The lowest BCUT2D eigenvalue weighted by Gasteiger charge is -2.07. The summed E-state index contributed by atoms with van der Waals surface area (Å²) in [5.41, 5.74) is 6.74. The largest absolute Gasteiger partial charge is 0.398 e. The molecule has 76 valence electrons. The van der Waals surface area contributed by atoms with Gasteiger partial charge in [-0.1, -0.05) is 13.8 Å². The molecule has 2 rings (SSSR count). The first-order valence-electron chi connectivity index (χ1n) is 4.95. The van der Waals surface area contributed by atoms with E-state index in [0.717, 1.165) is 6.54 Å². The lowest BCUT2D eigenvalue weighted by atomic mass is 10.1. The molecular formula is C11H16N2O. The van der Waals surface area contributed by atoms with Crippen LogP contribution in [0.4, 0.5) is 5.69 Å². The SMILES string of the molecule is CC1(C)CC1Cn1cc(N)ccc1=O. The molecule has 1 fully saturated rings. The highest BCUT2D eigenvalue weighted by Gasteiger charge is 2.45. The first kappa shape index (κ1) is 9.31. The number of pyridine rings is 1. The average molecular weight is 192 g/mol. The van der Waals surface area contributed by atoms with Gasteiger partial charge in [-0.25, -0.2) is 0 Å². The second kappa shape index (κ2) is 2.87. The van der Waals surface area contributed by atoms with E-state index >= 15 is 0 Å². The van der Waals surface area contributed by atoms with Crippen LogP contribution in [0.5, 0.6) is 0 Å². The highest BCUT2D eigenvalue weighted by atomic mass is 16.1. The molecule has 1 atom stereocenters. The molecule has 1 aromatic heterocycles. The van der Waals surface area contributed by atoms with Crippen LogP contribution >= 0.6 is 0 Å². The molecule has 3 nitrogen and oxygen atoms in total. The summed E-state index contributed by atoms with van der Waals surface area (Å²) >= 11 is 0. The standard InChI is InChI=1S/C11H16N2O/c1-11(2)5-8(11)6-13-7-9(12)3-4-10(13)14/h3-4,7-8H,5-6,12H2,1-2H3. The van der Waals surface area contributed by atoms with Gasteiger partial charge < -0.3 is 10.3 Å². The summed E-state index contributed by atoms with van der Waals surface area (Å²) < 4.78 is 1.72. The molecule has 3 heteroatoms. The Labute approximate surface area is 83.5 Å². The summed E-state index contributed by atoms with van der Waals surface area (Å²) in [6.07, 6.45) is 2.94. The maximum absolute atomic E-state index is 11.5. The van der Waals surface area contributed by atoms with E-state index in [-0.39, 0.29) is 5.56 Å². The third-order valence-electron chi connectivity index (χ3n) is 3.14. The zero-order chi connectivity index (χ0) is 10.3. The Morgan fingerprint density at radius 2 is 2.21 bits per heavy atom. The molecule has 1 aliphatic rings. The highest BCUT2D eigenvalue weighted by molar-refractivity contribution is 5.33. The Morgan fingerprint density at radius 3 is 2.79 bits per heavy atom. The number of nitrogens with two attached hydrogens (primary N) is 1. The van der Waals surface area contributed by atoms with Crippen LogP contribution in [0.3, 0.4) is 0 Å². The fourth-order valence-electron chi connectivity index (χ4n) is 1.82. The fraction of sp³-hybridized carbons (Fsp3) is 0.545. The Bertz CT molecular complexity index is 406. The van der Waals surface area contributed by atoms with Crippen LogP contribution in [-0.4, -0.2) is 4.57 Å². The predicted octanol–water partition coefficient (Wildman–Crippen LogP) is 1.48. The van der Waals surface area contributed by atoms with Gasteiger partial charge in [-0.15, -0.1) is 0 Å². The van der Waals surface area contributed by atoms with Crippen molar-refractivity contribution >= 4 is 5.69 Å². The quantitative estimate of drug-likeness (QED) is 0.771. The summed E-state index contributed by atoms with van der Waals surface area (Å²) in [6.45, 7) is 5.26. The number of aromatic nitrogens is 1. The van der Waals surface area contributed by atoms with Crippen LogP contribution in [0, 0.1) is 11.3 Å². The maximum atomic E-state index is 11.5. The topological polar surface area (TPSA) is 48.0 Å². The third kappa shape index (κ3) is 1.67. The number of hydrogen-bond acceptors (Lipinski definition) is 2. The normalized spacial score (nSPS) is 23.4. The van der Waals surface area contributed by atoms with Crippen LogP contribution in [0.15, 0.2) is 23.1 Å². The van der Waals surface area contributed by atoms with Crippen LogP contribution in [0.2, 0.25) is 0 Å². The second-order valence-corrected chi connectivity index (χ2v) is 4.84. The Balaban J connectivity index is 2.18. The van der Waals surface area contributed by atoms with E-state index in [1.165, 1.54) is 12.5 Å². The summed E-state index contributed by atoms with van der Waals surface area (Å²) in [4.78, 5) is 11.5. The number of nitrogens with zero attached hydrogens (tertiary/aromatic N) is 1. The highest BCUT2D eigenvalue weighted by Crippen LogP contribution is 2.52. The van der Waals surface area contributed by atoms with E-state index in [4.69, 9.17) is 5.73 Å². The van der Waals surface area contributed by atoms with Crippen LogP contribution in [0.1, 0.15) is 20.3 Å². The second-order valence-electron chi connectivity index (χ2n) is 4.84. The van der Waals surface area contributed by atoms with Gasteiger partial charge in [-0.05, 0) is 23.8 Å². The van der Waals surface area contributed by atoms with Gasteiger partial charge in [0.05, 0.1) is 0 Å². The number of hydrogen-bond donors (Lipinski definition) is 1. The van der Waals surface area contributed by atoms with E-state index < -0.39 is 0 Å². The molecule has 0 aromatic carbocycles. The Kier molecular flexibility index (Phi) is 1.91. The van der Waals surface area contributed by atoms with E-state index in [0.29, 0.717) is 17.0 Å². The van der Waals surface area contributed by atoms with E-state index in [1.807, 2.05) is 0 Å². The molecule has 1 heterocycles. The molecular weight excluding hydrogens is 176 g/mol. The van der Waals surface area contributed by atoms with Gasteiger partial charge in [0.2, 0.25) is 0 Å². The minimum absolute atomic E-state index is 0.0434. The van der Waals surface area contributed by atoms with Gasteiger partial charge in [0.25, 0.3) is 5.56 Å². The zero-order valence-corrected chi connectivity index (χ0v) is 8.66. The molecule has 1 saturated carbocycles. The molecule has 0 spiro atoms. The van der Waals surface area contributed by atoms with Crippen molar-refractivity contribution in [2.45, 2.75) is 26.8 Å². The molecule has 2 N–H and O–H groups in total. The average Bonchev–Trinajstić information content (AvgIpc) is 2.67. The number of anilines is 1. The minimum Gasteiger partial charge on any atom is -0.398 e. The van der Waals surface area contributed by atoms with Crippen LogP contribution in [-0.2, 0) is 6.54 Å². The van der Waals surface area contributed by atoms with Crippen molar-refractivity contribution in [3.8, 4) is 0 Å². The minimum atomic E-state index is 0.0434. The molecule has 1 aromatic rings. The first-order valence-corrected chi connectivity index (χ1v) is 4.95. The lowest BCUT2D eigenvalue weighted by molar-refractivity contribution is 0.491. The molecule has 0 saturated heterocycles. The summed E-state index contributed by atoms with van der Waals surface area (Å²) in [6, 6.07) is 3.18. The van der Waals surface area contributed by atoms with Crippen molar-refractivity contribution in [1.29, 1.82) is 0 Å². The predicted molar refractivity (Wildman–Crippen MR) is 57.0 cm³/mol. The van der Waals surface area contributed by atoms with E-state index in [9.17, 15) is 4.79 Å². The molecule has 0 bridgehead atoms. The molecule has 0 radical (unpaired) electrons. The monoisotopic (exact) mass is 192 g/mol. The number of nitrogen functional groups attached to an aromatic ring is 1. The van der Waals surface area contributed by atoms with Crippen molar-refractivity contribution in [3.63, 3.8) is 0 Å². The van der Waals surface area contributed by atoms with Gasteiger partial charge in [-0.2, -0.15) is 0 Å². The summed E-state index contributed by atoms with van der Waals surface area (Å²) in [5, 5.41) is 0. The lowest BCUT2D eigenvalue weighted by Crippen LogP contribution is -2.20. The molecule has 1 aliphatic carbocycles. The van der Waals surface area contributed by atoms with Crippen molar-refractivity contribution < 1.29 is 0 Å². The molecule has 0 aliphatic heterocycles. The molecule has 1 unspecified atom stereocenters. The smallest absolute Gasteiger partial charge is 0.250 e. The van der Waals surface area contributed by atoms with Gasteiger partial charge >= 0.3 is 0 Å². The van der Waals surface area contributed by atoms with Crippen molar-refractivity contribution in [3.05, 3.63) is 28.7 Å². The van der Waals surface area contributed by atoms with Gasteiger partial charge in [-0.3, -0.25) is 4.79 Å². The van der Waals surface area contributed by atoms with Gasteiger partial charge in [0, 0.05) is 24.5 Å². The maximum Gasteiger partial charge on any atom is 0.250 e. The zero-order valence-electron chi connectivity index (χ0n) is 8.66.